The van der Waals surface area contributed by atoms with Crippen LogP contribution in [0.4, 0.5) is 5.69 Å². The highest BCUT2D eigenvalue weighted by atomic mass is 35.5. The van der Waals surface area contributed by atoms with E-state index in [0.29, 0.717) is 18.7 Å². The summed E-state index contributed by atoms with van der Waals surface area (Å²) in [5.74, 6) is -0.513. The van der Waals surface area contributed by atoms with Crippen LogP contribution in [0.25, 0.3) is 0 Å². The normalized spacial score (nSPS) is 9.90. The van der Waals surface area contributed by atoms with Gasteiger partial charge in [0.15, 0.2) is 0 Å². The third kappa shape index (κ3) is 4.78. The lowest BCUT2D eigenvalue weighted by Gasteiger charge is -2.02. The van der Waals surface area contributed by atoms with Crippen molar-refractivity contribution in [2.75, 3.05) is 20.1 Å². The number of nitrogens with one attached hydrogen (secondary N) is 3. The number of nitro groups is 1. The second kappa shape index (κ2) is 9.27. The van der Waals surface area contributed by atoms with Gasteiger partial charge in [0, 0.05) is 6.54 Å². The Morgan fingerprint density at radius 2 is 2.15 bits per heavy atom. The van der Waals surface area contributed by atoms with Crippen molar-refractivity contribution in [3.05, 3.63) is 21.5 Å². The molecule has 1 amide bonds. The van der Waals surface area contributed by atoms with E-state index >= 15 is 0 Å². The number of amides is 1. The summed E-state index contributed by atoms with van der Waals surface area (Å²) in [6.45, 7) is 3.12. The maximum atomic E-state index is 11.8. The molecule has 0 atom stereocenters. The smallest absolute Gasteiger partial charge is 0.322 e. The van der Waals surface area contributed by atoms with Crippen LogP contribution in [-0.2, 0) is 6.42 Å². The molecule has 8 nitrogen and oxygen atoms in total. The second-order valence-corrected chi connectivity index (χ2v) is 4.12. The first-order chi connectivity index (χ1) is 9.11. The minimum atomic E-state index is -0.559. The molecule has 0 saturated heterocycles. The summed E-state index contributed by atoms with van der Waals surface area (Å²) in [6, 6.07) is 0. The molecule has 0 fully saturated rings. The highest BCUT2D eigenvalue weighted by Crippen LogP contribution is 2.22. The number of hydrogen-bond donors (Lipinski definition) is 3. The van der Waals surface area contributed by atoms with Gasteiger partial charge in [-0.05, 0) is 26.4 Å². The molecule has 3 N–H and O–H groups in total. The van der Waals surface area contributed by atoms with Crippen molar-refractivity contribution < 1.29 is 9.72 Å². The van der Waals surface area contributed by atoms with E-state index in [9.17, 15) is 14.9 Å². The van der Waals surface area contributed by atoms with E-state index in [1.165, 1.54) is 0 Å². The molecule has 0 spiro atoms. The van der Waals surface area contributed by atoms with Crippen molar-refractivity contribution in [2.45, 2.75) is 26.2 Å². The van der Waals surface area contributed by atoms with E-state index in [-0.39, 0.29) is 23.8 Å². The summed E-state index contributed by atoms with van der Waals surface area (Å²) in [5, 5.41) is 22.9. The number of aromatic nitrogens is 2. The Morgan fingerprint density at radius 3 is 2.70 bits per heavy atom. The van der Waals surface area contributed by atoms with Crippen LogP contribution in [0.3, 0.4) is 0 Å². The summed E-state index contributed by atoms with van der Waals surface area (Å²) in [6.07, 6.45) is 1.99. The Morgan fingerprint density at radius 1 is 1.45 bits per heavy atom. The van der Waals surface area contributed by atoms with E-state index in [1.807, 2.05) is 14.0 Å². The van der Waals surface area contributed by atoms with Crippen LogP contribution in [-0.4, -0.2) is 41.2 Å². The highest BCUT2D eigenvalue weighted by molar-refractivity contribution is 5.96. The second-order valence-electron chi connectivity index (χ2n) is 4.12. The summed E-state index contributed by atoms with van der Waals surface area (Å²) in [4.78, 5) is 22.3. The molecule has 20 heavy (non-hydrogen) atoms. The van der Waals surface area contributed by atoms with Gasteiger partial charge in [-0.1, -0.05) is 13.3 Å². The predicted octanol–water partition coefficient (Wildman–Crippen LogP) is 1.03. The molecular weight excluding hydrogens is 286 g/mol. The number of rotatable bonds is 8. The van der Waals surface area contributed by atoms with E-state index in [2.05, 4.69) is 20.8 Å². The lowest BCUT2D eigenvalue weighted by Crippen LogP contribution is -2.27. The molecule has 0 unspecified atom stereocenters. The average molecular weight is 306 g/mol. The molecule has 9 heteroatoms. The first kappa shape index (κ1) is 18.3. The van der Waals surface area contributed by atoms with Gasteiger partial charge in [0.05, 0.1) is 4.92 Å². The Balaban J connectivity index is 0.00000361. The number of aryl methyl sites for hydroxylation is 1. The third-order valence-electron chi connectivity index (χ3n) is 2.60. The van der Waals surface area contributed by atoms with E-state index < -0.39 is 10.8 Å². The molecule has 1 aromatic heterocycles. The van der Waals surface area contributed by atoms with Crippen LogP contribution in [0, 0.1) is 10.1 Å². The molecule has 0 aliphatic heterocycles. The quantitative estimate of drug-likeness (QED) is 0.377. The molecule has 0 aromatic carbocycles. The van der Waals surface area contributed by atoms with Crippen molar-refractivity contribution in [3.8, 4) is 0 Å². The fourth-order valence-electron chi connectivity index (χ4n) is 1.70. The molecule has 1 rings (SSSR count). The molecule has 0 bridgehead atoms. The highest BCUT2D eigenvalue weighted by Gasteiger charge is 2.28. The molecule has 0 aliphatic rings. The number of carbonyl (C=O) groups is 1. The largest absolute Gasteiger partial charge is 0.350 e. The van der Waals surface area contributed by atoms with Crippen molar-refractivity contribution in [1.29, 1.82) is 0 Å². The van der Waals surface area contributed by atoms with Gasteiger partial charge in [-0.15, -0.1) is 12.4 Å². The van der Waals surface area contributed by atoms with Crippen LogP contribution in [0.15, 0.2) is 0 Å². The first-order valence-corrected chi connectivity index (χ1v) is 6.26. The molecule has 1 heterocycles. The number of H-pyrrole nitrogens is 1. The van der Waals surface area contributed by atoms with Crippen molar-refractivity contribution in [3.63, 3.8) is 0 Å². The average Bonchev–Trinajstić information content (AvgIpc) is 2.79. The number of aromatic amines is 1. The SMILES string of the molecule is CCCc1[nH]nc(C(=O)NCCCNC)c1[N+](=O)[O-].Cl. The lowest BCUT2D eigenvalue weighted by molar-refractivity contribution is -0.385. The molecule has 0 aliphatic carbocycles. The molecule has 0 saturated carbocycles. The Bertz CT molecular complexity index is 449. The van der Waals surface area contributed by atoms with Crippen LogP contribution in [0.5, 0.6) is 0 Å². The third-order valence-corrected chi connectivity index (χ3v) is 2.60. The van der Waals surface area contributed by atoms with Gasteiger partial charge in [0.2, 0.25) is 5.69 Å². The summed E-state index contributed by atoms with van der Waals surface area (Å²) in [7, 11) is 1.82. The zero-order valence-electron chi connectivity index (χ0n) is 11.6. The van der Waals surface area contributed by atoms with Gasteiger partial charge >= 0.3 is 5.69 Å². The van der Waals surface area contributed by atoms with Crippen LogP contribution in [0.1, 0.15) is 35.9 Å². The van der Waals surface area contributed by atoms with Gasteiger partial charge in [-0.2, -0.15) is 5.10 Å². The van der Waals surface area contributed by atoms with Gasteiger partial charge in [-0.3, -0.25) is 20.0 Å². The lowest BCUT2D eigenvalue weighted by atomic mass is 10.2. The number of halogens is 1. The minimum absolute atomic E-state index is 0. The summed E-state index contributed by atoms with van der Waals surface area (Å²) < 4.78 is 0. The number of nitrogens with zero attached hydrogens (tertiary/aromatic N) is 2. The minimum Gasteiger partial charge on any atom is -0.350 e. The predicted molar refractivity (Wildman–Crippen MR) is 77.4 cm³/mol. The number of hydrogen-bond acceptors (Lipinski definition) is 5. The Hall–Kier alpha value is -1.67. The van der Waals surface area contributed by atoms with Crippen molar-refractivity contribution in [1.82, 2.24) is 20.8 Å². The van der Waals surface area contributed by atoms with Crippen LogP contribution >= 0.6 is 12.4 Å². The molecule has 1 aromatic rings. The van der Waals surface area contributed by atoms with Crippen molar-refractivity contribution >= 4 is 24.0 Å². The monoisotopic (exact) mass is 305 g/mol. The van der Waals surface area contributed by atoms with Crippen molar-refractivity contribution in [2.24, 2.45) is 0 Å². The Kier molecular flexibility index (Phi) is 8.49. The van der Waals surface area contributed by atoms with Crippen LogP contribution < -0.4 is 10.6 Å². The first-order valence-electron chi connectivity index (χ1n) is 6.26. The molecular formula is C11H20ClN5O3. The van der Waals surface area contributed by atoms with Gasteiger partial charge in [0.1, 0.15) is 5.69 Å². The fraction of sp³-hybridized carbons (Fsp3) is 0.636. The topological polar surface area (TPSA) is 113 Å². The van der Waals surface area contributed by atoms with Gasteiger partial charge in [0.25, 0.3) is 5.91 Å². The number of carbonyl (C=O) groups excluding carboxylic acids is 1. The van der Waals surface area contributed by atoms with Gasteiger partial charge < -0.3 is 10.6 Å². The van der Waals surface area contributed by atoms with E-state index in [0.717, 1.165) is 19.4 Å². The zero-order chi connectivity index (χ0) is 14.3. The van der Waals surface area contributed by atoms with E-state index in [1.54, 1.807) is 0 Å². The van der Waals surface area contributed by atoms with E-state index in [4.69, 9.17) is 0 Å². The maximum Gasteiger partial charge on any atom is 0.322 e. The standard InChI is InChI=1S/C11H19N5O3.ClH/c1-3-5-8-10(16(18)19)9(15-14-8)11(17)13-7-4-6-12-2;/h12H,3-7H2,1-2H3,(H,13,17)(H,14,15);1H. The maximum absolute atomic E-state index is 11.8. The fourth-order valence-corrected chi connectivity index (χ4v) is 1.70. The van der Waals surface area contributed by atoms with Gasteiger partial charge in [-0.25, -0.2) is 0 Å². The summed E-state index contributed by atoms with van der Waals surface area (Å²) in [5.41, 5.74) is 0.0405. The zero-order valence-corrected chi connectivity index (χ0v) is 12.4. The molecule has 0 radical (unpaired) electrons. The Labute approximate surface area is 123 Å². The van der Waals surface area contributed by atoms with Crippen LogP contribution in [0.2, 0.25) is 0 Å². The summed E-state index contributed by atoms with van der Waals surface area (Å²) >= 11 is 0. The molecule has 114 valence electrons.